The molecule has 0 bridgehead atoms. The molecule has 0 spiro atoms. The Morgan fingerprint density at radius 2 is 2.05 bits per heavy atom. The summed E-state index contributed by atoms with van der Waals surface area (Å²) in [6, 6.07) is 2.29. The number of rotatable bonds is 5. The highest BCUT2D eigenvalue weighted by Crippen LogP contribution is 2.27. The van der Waals surface area contributed by atoms with Crippen molar-refractivity contribution in [1.82, 2.24) is 5.32 Å². The number of anilines is 2. The van der Waals surface area contributed by atoms with Crippen molar-refractivity contribution in [2.75, 3.05) is 17.6 Å². The van der Waals surface area contributed by atoms with Gasteiger partial charge >= 0.3 is 0 Å². The molecule has 106 valence electrons. The molecule has 1 amide bonds. The van der Waals surface area contributed by atoms with Crippen molar-refractivity contribution in [2.24, 2.45) is 5.92 Å². The molecule has 4 nitrogen and oxygen atoms in total. The monoisotopic (exact) mass is 331 g/mol. The highest BCUT2D eigenvalue weighted by atomic mass is 79.9. The Morgan fingerprint density at radius 1 is 1.42 bits per heavy atom. The summed E-state index contributed by atoms with van der Waals surface area (Å²) in [6.07, 6.45) is 0. The molecule has 19 heavy (non-hydrogen) atoms. The number of amides is 1. The SMILES string of the molecule is CC(C)CNC(=O)C(C)Nc1cc(Br)c(F)cc1N. The first-order chi connectivity index (χ1) is 8.81. The van der Waals surface area contributed by atoms with Gasteiger partial charge in [-0.25, -0.2) is 4.39 Å². The second kappa shape index (κ2) is 6.75. The van der Waals surface area contributed by atoms with Gasteiger partial charge in [0.15, 0.2) is 0 Å². The highest BCUT2D eigenvalue weighted by molar-refractivity contribution is 9.10. The van der Waals surface area contributed by atoms with Crippen molar-refractivity contribution >= 4 is 33.2 Å². The van der Waals surface area contributed by atoms with Crippen molar-refractivity contribution in [3.05, 3.63) is 22.4 Å². The molecule has 0 aliphatic heterocycles. The van der Waals surface area contributed by atoms with E-state index in [-0.39, 0.29) is 11.6 Å². The summed E-state index contributed by atoms with van der Waals surface area (Å²) in [4.78, 5) is 11.8. The van der Waals surface area contributed by atoms with Crippen molar-refractivity contribution in [3.8, 4) is 0 Å². The second-order valence-corrected chi connectivity index (χ2v) is 5.71. The Kier molecular flexibility index (Phi) is 5.60. The summed E-state index contributed by atoms with van der Waals surface area (Å²) in [5.74, 6) is -0.158. The fraction of sp³-hybridized carbons (Fsp3) is 0.462. The quantitative estimate of drug-likeness (QED) is 0.727. The molecular formula is C13H19BrFN3O. The minimum absolute atomic E-state index is 0.117. The maximum Gasteiger partial charge on any atom is 0.242 e. The summed E-state index contributed by atoms with van der Waals surface area (Å²) in [5, 5.41) is 5.79. The normalized spacial score (nSPS) is 12.3. The minimum Gasteiger partial charge on any atom is -0.397 e. The van der Waals surface area contributed by atoms with E-state index in [2.05, 4.69) is 26.6 Å². The molecule has 0 aromatic heterocycles. The molecule has 0 aliphatic carbocycles. The van der Waals surface area contributed by atoms with E-state index in [9.17, 15) is 9.18 Å². The summed E-state index contributed by atoms with van der Waals surface area (Å²) < 4.78 is 13.5. The number of halogens is 2. The summed E-state index contributed by atoms with van der Waals surface area (Å²) >= 11 is 3.09. The van der Waals surface area contributed by atoms with Gasteiger partial charge in [0, 0.05) is 12.6 Å². The topological polar surface area (TPSA) is 67.2 Å². The number of nitrogens with one attached hydrogen (secondary N) is 2. The molecule has 6 heteroatoms. The van der Waals surface area contributed by atoms with Crippen LogP contribution in [0.3, 0.4) is 0 Å². The average molecular weight is 332 g/mol. The van der Waals surface area contributed by atoms with Gasteiger partial charge in [-0.1, -0.05) is 13.8 Å². The van der Waals surface area contributed by atoms with Crippen molar-refractivity contribution in [3.63, 3.8) is 0 Å². The summed E-state index contributed by atoms with van der Waals surface area (Å²) in [7, 11) is 0. The second-order valence-electron chi connectivity index (χ2n) is 4.86. The molecule has 0 saturated carbocycles. The molecule has 0 fully saturated rings. The van der Waals surface area contributed by atoms with Crippen LogP contribution in [0.4, 0.5) is 15.8 Å². The molecule has 1 atom stereocenters. The predicted octanol–water partition coefficient (Wildman–Crippen LogP) is 2.74. The lowest BCUT2D eigenvalue weighted by molar-refractivity contribution is -0.121. The molecule has 0 radical (unpaired) electrons. The number of carbonyl (C=O) groups is 1. The van der Waals surface area contributed by atoms with Crippen molar-refractivity contribution in [2.45, 2.75) is 26.8 Å². The highest BCUT2D eigenvalue weighted by Gasteiger charge is 2.15. The smallest absolute Gasteiger partial charge is 0.242 e. The standard InChI is InChI=1S/C13H19BrFN3O/c1-7(2)6-17-13(19)8(3)18-12-4-9(14)10(15)5-11(12)16/h4-5,7-8,18H,6,16H2,1-3H3,(H,17,19). The van der Waals surface area contributed by atoms with Crippen LogP contribution in [0.15, 0.2) is 16.6 Å². The maximum atomic E-state index is 13.2. The van der Waals surface area contributed by atoms with Crippen LogP contribution < -0.4 is 16.4 Å². The van der Waals surface area contributed by atoms with Crippen LogP contribution in [0.5, 0.6) is 0 Å². The number of nitrogens with two attached hydrogens (primary N) is 1. The fourth-order valence-electron chi connectivity index (χ4n) is 1.44. The molecule has 0 aliphatic rings. The predicted molar refractivity (Wildman–Crippen MR) is 79.4 cm³/mol. The van der Waals surface area contributed by atoms with E-state index < -0.39 is 11.9 Å². The molecule has 0 heterocycles. The van der Waals surface area contributed by atoms with Crippen LogP contribution in [0, 0.1) is 11.7 Å². The van der Waals surface area contributed by atoms with Crippen LogP contribution in [0.25, 0.3) is 0 Å². The third-order valence-corrected chi connectivity index (χ3v) is 3.15. The fourth-order valence-corrected chi connectivity index (χ4v) is 1.79. The van der Waals surface area contributed by atoms with Crippen LogP contribution >= 0.6 is 15.9 Å². The third kappa shape index (κ3) is 4.70. The first-order valence-corrected chi connectivity index (χ1v) is 6.89. The Labute approximate surface area is 121 Å². The Bertz CT molecular complexity index is 465. The van der Waals surface area contributed by atoms with Crippen LogP contribution in [-0.2, 0) is 4.79 Å². The van der Waals surface area contributed by atoms with Crippen LogP contribution in [-0.4, -0.2) is 18.5 Å². The van der Waals surface area contributed by atoms with E-state index in [0.717, 1.165) is 0 Å². The Morgan fingerprint density at radius 3 is 2.63 bits per heavy atom. The molecule has 4 N–H and O–H groups in total. The maximum absolute atomic E-state index is 13.2. The third-order valence-electron chi connectivity index (χ3n) is 2.54. The van der Waals surface area contributed by atoms with E-state index in [1.54, 1.807) is 6.92 Å². The molecular weight excluding hydrogens is 313 g/mol. The molecule has 0 saturated heterocycles. The molecule has 1 rings (SSSR count). The lowest BCUT2D eigenvalue weighted by Crippen LogP contribution is -2.39. The summed E-state index contributed by atoms with van der Waals surface area (Å²) in [5.41, 5.74) is 6.50. The van der Waals surface area contributed by atoms with Crippen molar-refractivity contribution < 1.29 is 9.18 Å². The van der Waals surface area contributed by atoms with Gasteiger partial charge < -0.3 is 16.4 Å². The number of hydrogen-bond acceptors (Lipinski definition) is 3. The zero-order valence-electron chi connectivity index (χ0n) is 11.3. The van der Waals surface area contributed by atoms with Gasteiger partial charge in [0.1, 0.15) is 11.9 Å². The lowest BCUT2D eigenvalue weighted by atomic mass is 10.2. The number of benzene rings is 1. The first-order valence-electron chi connectivity index (χ1n) is 6.10. The van der Waals surface area contributed by atoms with Gasteiger partial charge in [-0.15, -0.1) is 0 Å². The first kappa shape index (κ1) is 15.8. The lowest BCUT2D eigenvalue weighted by Gasteiger charge is -2.17. The van der Waals surface area contributed by atoms with E-state index in [1.807, 2.05) is 13.8 Å². The van der Waals surface area contributed by atoms with Gasteiger partial charge in [0.05, 0.1) is 15.8 Å². The van der Waals surface area contributed by atoms with Gasteiger partial charge in [0.2, 0.25) is 5.91 Å². The number of carbonyl (C=O) groups excluding carboxylic acids is 1. The molecule has 1 aromatic carbocycles. The minimum atomic E-state index is -0.446. The Hall–Kier alpha value is -1.30. The van der Waals surface area contributed by atoms with E-state index in [1.165, 1.54) is 12.1 Å². The van der Waals surface area contributed by atoms with Gasteiger partial charge in [-0.05, 0) is 34.8 Å². The largest absolute Gasteiger partial charge is 0.397 e. The van der Waals surface area contributed by atoms with Crippen molar-refractivity contribution in [1.29, 1.82) is 0 Å². The zero-order chi connectivity index (χ0) is 14.6. The van der Waals surface area contributed by atoms with Crippen LogP contribution in [0.1, 0.15) is 20.8 Å². The van der Waals surface area contributed by atoms with Gasteiger partial charge in [0.25, 0.3) is 0 Å². The van der Waals surface area contributed by atoms with E-state index in [4.69, 9.17) is 5.73 Å². The average Bonchev–Trinajstić information content (AvgIpc) is 2.32. The zero-order valence-corrected chi connectivity index (χ0v) is 12.8. The Balaban J connectivity index is 2.69. The van der Waals surface area contributed by atoms with E-state index >= 15 is 0 Å². The summed E-state index contributed by atoms with van der Waals surface area (Å²) in [6.45, 7) is 6.39. The number of nitrogen functional groups attached to an aromatic ring is 1. The number of hydrogen-bond donors (Lipinski definition) is 3. The van der Waals surface area contributed by atoms with E-state index in [0.29, 0.717) is 22.6 Å². The van der Waals surface area contributed by atoms with Gasteiger partial charge in [-0.3, -0.25) is 4.79 Å². The molecule has 1 aromatic rings. The molecule has 1 unspecified atom stereocenters. The van der Waals surface area contributed by atoms with Crippen LogP contribution in [0.2, 0.25) is 0 Å². The van der Waals surface area contributed by atoms with Gasteiger partial charge in [-0.2, -0.15) is 0 Å².